The number of allylic oxidation sites excluding steroid dienone is 4. The minimum absolute atomic E-state index is 0.109. The maximum absolute atomic E-state index is 6.65. The molecule has 60 heavy (non-hydrogen) atoms. The van der Waals surface area contributed by atoms with Gasteiger partial charge in [-0.15, -0.1) is 11.3 Å². The maximum Gasteiger partial charge on any atom is 0.219 e. The minimum Gasteiger partial charge on any atom is -0.438 e. The van der Waals surface area contributed by atoms with Crippen LogP contribution in [-0.4, -0.2) is 4.57 Å². The molecule has 0 spiro atoms. The molecule has 0 bridgehead atoms. The van der Waals surface area contributed by atoms with Crippen LogP contribution in [0.1, 0.15) is 100 Å². The lowest BCUT2D eigenvalue weighted by Gasteiger charge is -2.37. The number of hydrogen-bond acceptors (Lipinski definition) is 4. The van der Waals surface area contributed by atoms with Gasteiger partial charge in [0.2, 0.25) is 5.88 Å². The largest absolute Gasteiger partial charge is 0.438 e. The number of nitrogens with zero attached hydrogens (tertiary/aromatic N) is 1. The zero-order valence-corrected chi connectivity index (χ0v) is 36.2. The normalized spacial score (nSPS) is 18.2. The average Bonchev–Trinajstić information content (AvgIpc) is 4.04. The first-order valence-electron chi connectivity index (χ1n) is 22.1. The number of fused-ring (bicyclic) bond motifs is 17. The number of benzene rings is 6. The highest BCUT2D eigenvalue weighted by atomic mass is 32.1. The monoisotopic (exact) mass is 801 g/mol. The van der Waals surface area contributed by atoms with E-state index in [1.54, 1.807) is 5.57 Å². The molecule has 1 aliphatic heterocycles. The van der Waals surface area contributed by atoms with E-state index in [9.17, 15) is 0 Å². The van der Waals surface area contributed by atoms with Gasteiger partial charge in [-0.2, -0.15) is 0 Å². The van der Waals surface area contributed by atoms with Crippen molar-refractivity contribution in [2.24, 2.45) is 0 Å². The van der Waals surface area contributed by atoms with Crippen molar-refractivity contribution < 1.29 is 4.42 Å². The molecule has 5 heteroatoms. The van der Waals surface area contributed by atoms with E-state index in [4.69, 9.17) is 4.42 Å². The summed E-state index contributed by atoms with van der Waals surface area (Å²) in [7, 11) is 0. The van der Waals surface area contributed by atoms with Gasteiger partial charge in [-0.05, 0) is 82.8 Å². The summed E-state index contributed by atoms with van der Waals surface area (Å²) >= 11 is 2.02. The highest BCUT2D eigenvalue weighted by Crippen LogP contribution is 2.55. The standard InChI is InChI=1S/C51H39N3OS.2C2H6/c1-51(2)38-20-10-7-15-31(38)32-25-24-29(27-39(32)51)44-49(53-50-45(52-44)36-19-9-12-22-41(36)55-50)54-40-21-11-8-18-35(40)42-43-37-26-23-28-13-3-4-14-30(28)47(37)56-48(43)34-17-6-5-16-33(34)46(42)54;2*1-2/h4-12,14-22,24-25,27,44,49,52-53H,3,13,23,26H2,1-2H3;2*1-2H3. The van der Waals surface area contributed by atoms with Gasteiger partial charge >= 0.3 is 0 Å². The molecule has 298 valence electrons. The summed E-state index contributed by atoms with van der Waals surface area (Å²) in [5, 5.41) is 16.0. The molecule has 13 rings (SSSR count). The lowest BCUT2D eigenvalue weighted by atomic mass is 9.81. The maximum atomic E-state index is 6.65. The van der Waals surface area contributed by atoms with Gasteiger partial charge in [-0.25, -0.2) is 0 Å². The van der Waals surface area contributed by atoms with Crippen LogP contribution in [0, 0.1) is 0 Å². The number of aryl methyl sites for hydroxylation is 1. The molecule has 0 fully saturated rings. The van der Waals surface area contributed by atoms with Crippen molar-refractivity contribution in [2.75, 3.05) is 10.6 Å². The van der Waals surface area contributed by atoms with Crippen LogP contribution in [0.2, 0.25) is 0 Å². The van der Waals surface area contributed by atoms with Crippen molar-refractivity contribution in [1.29, 1.82) is 0 Å². The molecule has 2 N–H and O–H groups in total. The van der Waals surface area contributed by atoms with Crippen LogP contribution in [0.25, 0.3) is 70.3 Å². The van der Waals surface area contributed by atoms with Crippen molar-refractivity contribution in [3.63, 3.8) is 0 Å². The summed E-state index contributed by atoms with van der Waals surface area (Å²) in [6.07, 6.45) is 9.17. The summed E-state index contributed by atoms with van der Waals surface area (Å²) in [6.45, 7) is 12.8. The second-order valence-electron chi connectivity index (χ2n) is 16.7. The quantitative estimate of drug-likeness (QED) is 0.183. The number of aromatic nitrogens is 1. The van der Waals surface area contributed by atoms with E-state index in [-0.39, 0.29) is 17.6 Å². The van der Waals surface area contributed by atoms with Gasteiger partial charge in [-0.1, -0.05) is 156 Å². The van der Waals surface area contributed by atoms with Crippen molar-refractivity contribution in [2.45, 2.75) is 84.8 Å². The van der Waals surface area contributed by atoms with E-state index in [1.165, 1.54) is 92.9 Å². The molecule has 9 aromatic rings. The van der Waals surface area contributed by atoms with E-state index in [2.05, 4.69) is 156 Å². The third-order valence-electron chi connectivity index (χ3n) is 13.5. The van der Waals surface area contributed by atoms with Crippen LogP contribution in [-0.2, 0) is 11.8 Å². The van der Waals surface area contributed by atoms with Crippen LogP contribution in [0.15, 0.2) is 137 Å². The first-order chi connectivity index (χ1) is 29.5. The Morgan fingerprint density at radius 2 is 1.40 bits per heavy atom. The molecular formula is C55H51N3OS. The molecule has 6 aromatic carbocycles. The number of anilines is 2. The van der Waals surface area contributed by atoms with E-state index in [0.29, 0.717) is 0 Å². The predicted octanol–water partition coefficient (Wildman–Crippen LogP) is 16.1. The fourth-order valence-corrected chi connectivity index (χ4v) is 12.4. The number of nitrogens with one attached hydrogen (secondary N) is 2. The van der Waals surface area contributed by atoms with Gasteiger partial charge in [0.1, 0.15) is 17.4 Å². The number of thiophene rings is 1. The Hall–Kier alpha value is -6.04. The van der Waals surface area contributed by atoms with Gasteiger partial charge in [0.05, 0.1) is 17.1 Å². The Bertz CT molecular complexity index is 3260. The summed E-state index contributed by atoms with van der Waals surface area (Å²) in [5.41, 5.74) is 15.7. The molecule has 2 unspecified atom stereocenters. The predicted molar refractivity (Wildman–Crippen MR) is 258 cm³/mol. The van der Waals surface area contributed by atoms with Crippen molar-refractivity contribution in [1.82, 2.24) is 4.57 Å². The molecule has 4 heterocycles. The van der Waals surface area contributed by atoms with Gasteiger partial charge in [0, 0.05) is 47.3 Å². The summed E-state index contributed by atoms with van der Waals surface area (Å²) in [5.74, 6) is 0.786. The van der Waals surface area contributed by atoms with E-state index in [1.807, 2.05) is 39.0 Å². The molecule has 0 radical (unpaired) electrons. The lowest BCUT2D eigenvalue weighted by Crippen LogP contribution is -2.34. The van der Waals surface area contributed by atoms with Crippen LogP contribution >= 0.6 is 11.3 Å². The summed E-state index contributed by atoms with van der Waals surface area (Å²) in [6, 6.07) is 42.7. The topological polar surface area (TPSA) is 42.1 Å². The Labute approximate surface area is 356 Å². The van der Waals surface area contributed by atoms with Gasteiger partial charge < -0.3 is 19.6 Å². The van der Waals surface area contributed by atoms with Crippen LogP contribution in [0.4, 0.5) is 11.6 Å². The van der Waals surface area contributed by atoms with Crippen molar-refractivity contribution in [3.8, 4) is 11.1 Å². The second-order valence-corrected chi connectivity index (χ2v) is 17.7. The Balaban J connectivity index is 0.000000994. The Morgan fingerprint density at radius 3 is 2.25 bits per heavy atom. The highest BCUT2D eigenvalue weighted by Gasteiger charge is 2.40. The summed E-state index contributed by atoms with van der Waals surface area (Å²) < 4.78 is 10.7. The van der Waals surface area contributed by atoms with Crippen LogP contribution in [0.3, 0.4) is 0 Å². The fourth-order valence-electron chi connectivity index (χ4n) is 11.0. The van der Waals surface area contributed by atoms with Gasteiger partial charge in [-0.3, -0.25) is 0 Å². The zero-order chi connectivity index (χ0) is 40.9. The molecule has 0 saturated heterocycles. The zero-order valence-electron chi connectivity index (χ0n) is 35.4. The molecule has 3 aliphatic carbocycles. The first-order valence-corrected chi connectivity index (χ1v) is 22.9. The smallest absolute Gasteiger partial charge is 0.219 e. The molecular weight excluding hydrogens is 751 g/mol. The van der Waals surface area contributed by atoms with Gasteiger partial charge in [0.25, 0.3) is 0 Å². The van der Waals surface area contributed by atoms with Crippen molar-refractivity contribution >= 4 is 82.1 Å². The Morgan fingerprint density at radius 1 is 0.683 bits per heavy atom. The van der Waals surface area contributed by atoms with E-state index in [0.717, 1.165) is 41.8 Å². The number of furan rings is 1. The first kappa shape index (κ1) is 37.0. The number of hydrogen-bond donors (Lipinski definition) is 2. The van der Waals surface area contributed by atoms with Crippen LogP contribution < -0.4 is 10.6 Å². The molecule has 0 amide bonds. The fraction of sp³-hybridized carbons (Fsp3) is 0.236. The molecule has 0 saturated carbocycles. The molecule has 4 aliphatic rings. The van der Waals surface area contributed by atoms with E-state index < -0.39 is 0 Å². The molecule has 2 atom stereocenters. The SMILES string of the molecule is CC.CC.CC1(C)c2ccccc2-c2ccc(C3Nc4c(oc5ccccc45)NC3n3c4ccccc4c4c5c6c(sc5c5ccccc5c43)C3=C(CCC=C3)CC6)cc21. The molecule has 4 nitrogen and oxygen atoms in total. The molecule has 3 aromatic heterocycles. The second kappa shape index (κ2) is 14.0. The minimum atomic E-state index is -0.207. The van der Waals surface area contributed by atoms with E-state index >= 15 is 0 Å². The van der Waals surface area contributed by atoms with Crippen molar-refractivity contribution in [3.05, 3.63) is 160 Å². The highest BCUT2D eigenvalue weighted by molar-refractivity contribution is 7.21. The average molecular weight is 802 g/mol. The number of rotatable bonds is 2. The lowest BCUT2D eigenvalue weighted by molar-refractivity contribution is 0.480. The summed E-state index contributed by atoms with van der Waals surface area (Å²) in [4.78, 5) is 1.48. The Kier molecular flexibility index (Phi) is 8.65. The van der Waals surface area contributed by atoms with Gasteiger partial charge in [0.15, 0.2) is 0 Å². The third-order valence-corrected chi connectivity index (χ3v) is 14.8. The van der Waals surface area contributed by atoms with Crippen LogP contribution in [0.5, 0.6) is 0 Å². The number of para-hydroxylation sites is 2. The third kappa shape index (κ3) is 5.08.